The predicted molar refractivity (Wildman–Crippen MR) is 82.1 cm³/mol. The van der Waals surface area contributed by atoms with Crippen LogP contribution in [-0.2, 0) is 11.3 Å². The highest BCUT2D eigenvalue weighted by Gasteiger charge is 2.05. The molecule has 7 nitrogen and oxygen atoms in total. The van der Waals surface area contributed by atoms with E-state index >= 15 is 0 Å². The van der Waals surface area contributed by atoms with Gasteiger partial charge in [0.2, 0.25) is 5.91 Å². The lowest BCUT2D eigenvalue weighted by atomic mass is 10.3. The van der Waals surface area contributed by atoms with E-state index in [-0.39, 0.29) is 12.3 Å². The summed E-state index contributed by atoms with van der Waals surface area (Å²) in [5.41, 5.74) is 5.09. The summed E-state index contributed by atoms with van der Waals surface area (Å²) in [7, 11) is 0. The van der Waals surface area contributed by atoms with Gasteiger partial charge < -0.3 is 0 Å². The van der Waals surface area contributed by atoms with Gasteiger partial charge in [-0.2, -0.15) is 5.10 Å². The number of benzene rings is 1. The molecule has 1 aromatic carbocycles. The minimum Gasteiger partial charge on any atom is -0.273 e. The van der Waals surface area contributed by atoms with Gasteiger partial charge in [-0.3, -0.25) is 9.78 Å². The first-order chi connectivity index (χ1) is 10.8. The molecule has 0 unspecified atom stereocenters. The second-order valence-corrected chi connectivity index (χ2v) is 4.63. The summed E-state index contributed by atoms with van der Waals surface area (Å²) in [6.45, 7) is 0.455. The number of para-hydroxylation sites is 1. The Labute approximate surface area is 126 Å². The molecule has 22 heavy (non-hydrogen) atoms. The monoisotopic (exact) mass is 294 g/mol. The maximum absolute atomic E-state index is 11.8. The molecule has 0 aliphatic rings. The van der Waals surface area contributed by atoms with Gasteiger partial charge in [-0.25, -0.2) is 10.1 Å². The fraction of sp³-hybridized carbons (Fsp3) is 0.133. The van der Waals surface area contributed by atoms with Crippen molar-refractivity contribution in [1.29, 1.82) is 0 Å². The quantitative estimate of drug-likeness (QED) is 0.569. The van der Waals surface area contributed by atoms with E-state index in [4.69, 9.17) is 0 Å². The van der Waals surface area contributed by atoms with Crippen molar-refractivity contribution in [1.82, 2.24) is 25.4 Å². The van der Waals surface area contributed by atoms with Gasteiger partial charge in [0.15, 0.2) is 0 Å². The number of nitrogens with one attached hydrogen (secondary N) is 1. The lowest BCUT2D eigenvalue weighted by molar-refractivity contribution is -0.121. The molecular formula is C15H14N6O. The Morgan fingerprint density at radius 3 is 2.91 bits per heavy atom. The van der Waals surface area contributed by atoms with Crippen LogP contribution in [0.4, 0.5) is 0 Å². The SMILES string of the molecule is O=C(CCn1nnc2ccccc21)NN=Cc1ccncc1. The van der Waals surface area contributed by atoms with E-state index < -0.39 is 0 Å². The summed E-state index contributed by atoms with van der Waals surface area (Å²) in [4.78, 5) is 15.7. The Bertz CT molecular complexity index is 796. The lowest BCUT2D eigenvalue weighted by Crippen LogP contribution is -2.19. The van der Waals surface area contributed by atoms with Gasteiger partial charge in [-0.1, -0.05) is 17.3 Å². The van der Waals surface area contributed by atoms with E-state index in [0.29, 0.717) is 6.54 Å². The van der Waals surface area contributed by atoms with Crippen LogP contribution in [0.15, 0.2) is 53.9 Å². The normalized spacial score (nSPS) is 11.1. The van der Waals surface area contributed by atoms with Crippen molar-refractivity contribution in [3.05, 3.63) is 54.4 Å². The number of amides is 1. The number of aromatic nitrogens is 4. The molecule has 0 aliphatic carbocycles. The van der Waals surface area contributed by atoms with Crippen LogP contribution in [0.25, 0.3) is 11.0 Å². The molecule has 2 aromatic heterocycles. The van der Waals surface area contributed by atoms with Gasteiger partial charge in [0, 0.05) is 18.8 Å². The van der Waals surface area contributed by atoms with E-state index in [0.717, 1.165) is 16.6 Å². The summed E-state index contributed by atoms with van der Waals surface area (Å²) in [5.74, 6) is -0.176. The number of carbonyl (C=O) groups excluding carboxylic acids is 1. The first kappa shape index (κ1) is 13.9. The highest BCUT2D eigenvalue weighted by Crippen LogP contribution is 2.09. The number of rotatable bonds is 5. The average Bonchev–Trinajstić information content (AvgIpc) is 2.97. The van der Waals surface area contributed by atoms with Crippen molar-refractivity contribution in [2.45, 2.75) is 13.0 Å². The van der Waals surface area contributed by atoms with Crippen LogP contribution in [0, 0.1) is 0 Å². The molecular weight excluding hydrogens is 280 g/mol. The Morgan fingerprint density at radius 2 is 2.05 bits per heavy atom. The van der Waals surface area contributed by atoms with E-state index in [1.54, 1.807) is 35.4 Å². The number of pyridine rings is 1. The highest BCUT2D eigenvalue weighted by atomic mass is 16.2. The Morgan fingerprint density at radius 1 is 1.23 bits per heavy atom. The molecule has 0 fully saturated rings. The van der Waals surface area contributed by atoms with Crippen LogP contribution in [0.2, 0.25) is 0 Å². The Balaban J connectivity index is 1.53. The van der Waals surface area contributed by atoms with Crippen molar-refractivity contribution in [3.8, 4) is 0 Å². The van der Waals surface area contributed by atoms with Crippen molar-refractivity contribution >= 4 is 23.2 Å². The molecule has 0 bridgehead atoms. The molecule has 0 aliphatic heterocycles. The van der Waals surface area contributed by atoms with Crippen LogP contribution in [0.3, 0.4) is 0 Å². The zero-order valence-electron chi connectivity index (χ0n) is 11.8. The van der Waals surface area contributed by atoms with Gasteiger partial charge >= 0.3 is 0 Å². The van der Waals surface area contributed by atoms with Crippen molar-refractivity contribution < 1.29 is 4.79 Å². The number of carbonyl (C=O) groups is 1. The minimum absolute atomic E-state index is 0.176. The summed E-state index contributed by atoms with van der Waals surface area (Å²) in [6, 6.07) is 11.2. The number of hydrogen-bond acceptors (Lipinski definition) is 5. The molecule has 1 amide bonds. The Hall–Kier alpha value is -3.09. The fourth-order valence-electron chi connectivity index (χ4n) is 1.97. The summed E-state index contributed by atoms with van der Waals surface area (Å²) >= 11 is 0. The van der Waals surface area contributed by atoms with E-state index in [1.807, 2.05) is 24.3 Å². The molecule has 0 atom stereocenters. The van der Waals surface area contributed by atoms with Crippen molar-refractivity contribution in [2.75, 3.05) is 0 Å². The van der Waals surface area contributed by atoms with Gasteiger partial charge in [0.25, 0.3) is 0 Å². The molecule has 3 aromatic rings. The molecule has 110 valence electrons. The van der Waals surface area contributed by atoms with E-state index in [9.17, 15) is 4.79 Å². The molecule has 0 radical (unpaired) electrons. The molecule has 7 heteroatoms. The zero-order chi connectivity index (χ0) is 15.2. The smallest absolute Gasteiger partial charge is 0.241 e. The molecule has 0 spiro atoms. The van der Waals surface area contributed by atoms with Gasteiger partial charge in [0.1, 0.15) is 5.52 Å². The second kappa shape index (κ2) is 6.57. The third kappa shape index (κ3) is 3.32. The topological polar surface area (TPSA) is 85.1 Å². The van der Waals surface area contributed by atoms with Crippen LogP contribution in [0.1, 0.15) is 12.0 Å². The lowest BCUT2D eigenvalue weighted by Gasteiger charge is -2.01. The molecule has 0 saturated carbocycles. The molecule has 3 rings (SSSR count). The second-order valence-electron chi connectivity index (χ2n) is 4.63. The minimum atomic E-state index is -0.176. The van der Waals surface area contributed by atoms with Crippen LogP contribution in [0.5, 0.6) is 0 Å². The predicted octanol–water partition coefficient (Wildman–Crippen LogP) is 1.37. The first-order valence-corrected chi connectivity index (χ1v) is 6.83. The zero-order valence-corrected chi connectivity index (χ0v) is 11.8. The maximum Gasteiger partial charge on any atom is 0.241 e. The summed E-state index contributed by atoms with van der Waals surface area (Å²) < 4.78 is 1.71. The number of nitrogens with zero attached hydrogens (tertiary/aromatic N) is 5. The molecule has 2 heterocycles. The van der Waals surface area contributed by atoms with Crippen LogP contribution >= 0.6 is 0 Å². The van der Waals surface area contributed by atoms with Gasteiger partial charge in [-0.15, -0.1) is 5.10 Å². The largest absolute Gasteiger partial charge is 0.273 e. The number of aryl methyl sites for hydroxylation is 1. The van der Waals surface area contributed by atoms with E-state index in [1.165, 1.54) is 0 Å². The van der Waals surface area contributed by atoms with Crippen molar-refractivity contribution in [3.63, 3.8) is 0 Å². The van der Waals surface area contributed by atoms with E-state index in [2.05, 4.69) is 25.8 Å². The molecule has 0 saturated heterocycles. The maximum atomic E-state index is 11.8. The standard InChI is InChI=1S/C15H14N6O/c22-15(19-17-11-12-5-8-16-9-6-12)7-10-21-14-4-2-1-3-13(14)18-20-21/h1-6,8-9,11H,7,10H2,(H,19,22). The number of hydrazone groups is 1. The first-order valence-electron chi connectivity index (χ1n) is 6.83. The fourth-order valence-corrected chi connectivity index (χ4v) is 1.97. The number of hydrogen-bond donors (Lipinski definition) is 1. The molecule has 1 N–H and O–H groups in total. The van der Waals surface area contributed by atoms with Crippen LogP contribution < -0.4 is 5.43 Å². The van der Waals surface area contributed by atoms with Crippen LogP contribution in [-0.4, -0.2) is 32.1 Å². The van der Waals surface area contributed by atoms with Gasteiger partial charge in [-0.05, 0) is 29.8 Å². The van der Waals surface area contributed by atoms with Gasteiger partial charge in [0.05, 0.1) is 18.3 Å². The number of fused-ring (bicyclic) bond motifs is 1. The Kier molecular flexibility index (Phi) is 4.15. The summed E-state index contributed by atoms with van der Waals surface area (Å²) in [5, 5.41) is 12.0. The third-order valence-electron chi connectivity index (χ3n) is 3.08. The third-order valence-corrected chi connectivity index (χ3v) is 3.08. The van der Waals surface area contributed by atoms with Crippen molar-refractivity contribution in [2.24, 2.45) is 5.10 Å². The summed E-state index contributed by atoms with van der Waals surface area (Å²) in [6.07, 6.45) is 5.18. The average molecular weight is 294 g/mol. The highest BCUT2D eigenvalue weighted by molar-refractivity contribution is 5.82.